The van der Waals surface area contributed by atoms with Crippen molar-refractivity contribution in [1.82, 2.24) is 0 Å². The highest BCUT2D eigenvalue weighted by atomic mass is 32.2. The van der Waals surface area contributed by atoms with Crippen molar-refractivity contribution in [1.29, 1.82) is 5.41 Å². The zero-order chi connectivity index (χ0) is 8.36. The van der Waals surface area contributed by atoms with Gasteiger partial charge in [-0.3, -0.25) is 10.2 Å². The normalized spacial score (nSPS) is 11.1. The summed E-state index contributed by atoms with van der Waals surface area (Å²) in [5, 5.41) is 15.4. The van der Waals surface area contributed by atoms with Crippen molar-refractivity contribution in [2.75, 3.05) is 0 Å². The Labute approximate surface area is 69.1 Å². The molecule has 0 atom stereocenters. The number of thiol groups is 1. The van der Waals surface area contributed by atoms with Crippen LogP contribution in [0.1, 0.15) is 13.8 Å². The van der Waals surface area contributed by atoms with Gasteiger partial charge in [-0.2, -0.15) is 0 Å². The lowest BCUT2D eigenvalue weighted by atomic mass is 10.2. The summed E-state index contributed by atoms with van der Waals surface area (Å²) in [6.07, 6.45) is 0. The van der Waals surface area contributed by atoms with Crippen molar-refractivity contribution in [2.24, 2.45) is 0 Å². The van der Waals surface area contributed by atoms with E-state index in [1.54, 1.807) is 0 Å². The van der Waals surface area contributed by atoms with Gasteiger partial charge in [0.25, 0.3) is 0 Å². The van der Waals surface area contributed by atoms with E-state index in [1.807, 2.05) is 0 Å². The Morgan fingerprint density at radius 3 is 2.20 bits per heavy atom. The fourth-order valence-corrected chi connectivity index (χ4v) is 1.54. The monoisotopic (exact) mass is 179 g/mol. The molecule has 5 heteroatoms. The predicted molar refractivity (Wildman–Crippen MR) is 46.0 cm³/mol. The Kier molecular flexibility index (Phi) is 3.24. The molecule has 0 aromatic carbocycles. The number of hydrogen-bond donors (Lipinski definition) is 3. The molecule has 0 radical (unpaired) electrons. The molecule has 0 amide bonds. The van der Waals surface area contributed by atoms with Gasteiger partial charge in [-0.1, -0.05) is 11.8 Å². The van der Waals surface area contributed by atoms with Gasteiger partial charge < -0.3 is 5.11 Å². The predicted octanol–water partition coefficient (Wildman–Crippen LogP) is 1.45. The van der Waals surface area contributed by atoms with Crippen LogP contribution >= 0.6 is 24.4 Å². The maximum atomic E-state index is 10.4. The molecule has 0 spiro atoms. The van der Waals surface area contributed by atoms with Crippen LogP contribution in [0.25, 0.3) is 0 Å². The van der Waals surface area contributed by atoms with Crippen molar-refractivity contribution < 1.29 is 9.90 Å². The molecule has 2 N–H and O–H groups in total. The van der Waals surface area contributed by atoms with Crippen molar-refractivity contribution in [3.05, 3.63) is 0 Å². The first-order valence-electron chi connectivity index (χ1n) is 2.56. The second-order valence-corrected chi connectivity index (χ2v) is 4.61. The van der Waals surface area contributed by atoms with Gasteiger partial charge in [0.2, 0.25) is 0 Å². The summed E-state index contributed by atoms with van der Waals surface area (Å²) in [7, 11) is 0. The van der Waals surface area contributed by atoms with Crippen molar-refractivity contribution >= 4 is 34.7 Å². The van der Waals surface area contributed by atoms with E-state index in [0.29, 0.717) is 0 Å². The van der Waals surface area contributed by atoms with Gasteiger partial charge in [-0.05, 0) is 13.8 Å². The Bertz CT molecular complexity index is 167. The van der Waals surface area contributed by atoms with Gasteiger partial charge in [-0.15, -0.1) is 12.6 Å². The molecule has 0 aliphatic rings. The quantitative estimate of drug-likeness (QED) is 0.341. The van der Waals surface area contributed by atoms with Crippen molar-refractivity contribution in [3.8, 4) is 0 Å². The first-order valence-corrected chi connectivity index (χ1v) is 3.82. The topological polar surface area (TPSA) is 61.2 Å². The highest BCUT2D eigenvalue weighted by Crippen LogP contribution is 2.26. The Balaban J connectivity index is 4.13. The third-order valence-corrected chi connectivity index (χ3v) is 2.02. The maximum Gasteiger partial charge on any atom is 0.319 e. The summed E-state index contributed by atoms with van der Waals surface area (Å²) in [5.74, 6) is -0.934. The van der Waals surface area contributed by atoms with Crippen LogP contribution in [0, 0.1) is 5.41 Å². The van der Waals surface area contributed by atoms with Gasteiger partial charge in [0.05, 0.1) is 0 Å². The molecule has 58 valence electrons. The van der Waals surface area contributed by atoms with Crippen molar-refractivity contribution in [2.45, 2.75) is 18.6 Å². The fourth-order valence-electron chi connectivity index (χ4n) is 0.285. The smallest absolute Gasteiger partial charge is 0.319 e. The fraction of sp³-hybridized carbons (Fsp3) is 0.600. The number of thioether (sulfide) groups is 1. The zero-order valence-electron chi connectivity index (χ0n) is 5.71. The summed E-state index contributed by atoms with van der Waals surface area (Å²) < 4.78 is -0.925. The van der Waals surface area contributed by atoms with Crippen LogP contribution in [0.15, 0.2) is 0 Å². The second kappa shape index (κ2) is 3.30. The van der Waals surface area contributed by atoms with E-state index in [1.165, 1.54) is 13.8 Å². The molecule has 0 aromatic heterocycles. The molecular weight excluding hydrogens is 170 g/mol. The first-order chi connectivity index (χ1) is 4.36. The molecule has 0 bridgehead atoms. The van der Waals surface area contributed by atoms with Gasteiger partial charge in [0.15, 0.2) is 0 Å². The second-order valence-electron chi connectivity index (χ2n) is 2.22. The number of carbonyl (C=O) groups is 1. The molecule has 10 heavy (non-hydrogen) atoms. The minimum absolute atomic E-state index is 0.0207. The lowest BCUT2D eigenvalue weighted by Gasteiger charge is -2.15. The van der Waals surface area contributed by atoms with Crippen LogP contribution in [-0.2, 0) is 4.79 Å². The van der Waals surface area contributed by atoms with E-state index < -0.39 is 10.7 Å². The highest BCUT2D eigenvalue weighted by molar-refractivity contribution is 8.33. The summed E-state index contributed by atoms with van der Waals surface area (Å²) in [5.41, 5.74) is 0. The minimum Gasteiger partial charge on any atom is -0.480 e. The lowest BCUT2D eigenvalue weighted by Crippen LogP contribution is -2.27. The highest BCUT2D eigenvalue weighted by Gasteiger charge is 2.28. The van der Waals surface area contributed by atoms with E-state index in [4.69, 9.17) is 10.5 Å². The molecule has 0 unspecified atom stereocenters. The largest absolute Gasteiger partial charge is 0.480 e. The van der Waals surface area contributed by atoms with Crippen molar-refractivity contribution in [3.63, 3.8) is 0 Å². The average Bonchev–Trinajstić information content (AvgIpc) is 1.60. The number of rotatable bonds is 2. The van der Waals surface area contributed by atoms with Gasteiger partial charge in [0, 0.05) is 0 Å². The molecule has 0 fully saturated rings. The molecule has 0 rings (SSSR count). The van der Waals surface area contributed by atoms with Crippen LogP contribution < -0.4 is 0 Å². The Morgan fingerprint density at radius 1 is 1.70 bits per heavy atom. The molecular formula is C5H9NO2S2. The van der Waals surface area contributed by atoms with E-state index >= 15 is 0 Å². The maximum absolute atomic E-state index is 10.4. The molecule has 0 saturated heterocycles. The number of carboxylic acid groups (broad SMARTS) is 1. The summed E-state index contributed by atoms with van der Waals surface area (Å²) in [6.45, 7) is 3.06. The summed E-state index contributed by atoms with van der Waals surface area (Å²) in [6, 6.07) is 0. The van der Waals surface area contributed by atoms with Crippen LogP contribution in [0.2, 0.25) is 0 Å². The SMILES string of the molecule is CC(C)(SC(=N)S)C(=O)O. The van der Waals surface area contributed by atoms with Crippen LogP contribution in [0.5, 0.6) is 0 Å². The average molecular weight is 179 g/mol. The Morgan fingerprint density at radius 2 is 2.10 bits per heavy atom. The minimum atomic E-state index is -0.946. The lowest BCUT2D eigenvalue weighted by molar-refractivity contribution is -0.138. The first kappa shape index (κ1) is 9.84. The van der Waals surface area contributed by atoms with Crippen LogP contribution in [0.3, 0.4) is 0 Å². The molecule has 0 heterocycles. The number of aliphatic carboxylic acids is 1. The van der Waals surface area contributed by atoms with E-state index in [9.17, 15) is 4.79 Å². The summed E-state index contributed by atoms with van der Waals surface area (Å²) >= 11 is 4.58. The molecule has 0 saturated carbocycles. The standard InChI is InChI=1S/C5H9NO2S2/c1-5(2,3(7)8)10-4(6)9/h1-2H3,(H2,6,9)(H,7,8). The number of carboxylic acids is 1. The Hall–Kier alpha value is -0.160. The van der Waals surface area contributed by atoms with E-state index in [-0.39, 0.29) is 4.38 Å². The third-order valence-electron chi connectivity index (χ3n) is 0.867. The van der Waals surface area contributed by atoms with E-state index in [2.05, 4.69) is 12.6 Å². The molecule has 0 aliphatic carbocycles. The van der Waals surface area contributed by atoms with Gasteiger partial charge >= 0.3 is 5.97 Å². The van der Waals surface area contributed by atoms with Crippen LogP contribution in [-0.4, -0.2) is 20.2 Å². The number of nitrogens with one attached hydrogen (secondary N) is 1. The van der Waals surface area contributed by atoms with E-state index in [0.717, 1.165) is 11.8 Å². The molecule has 0 aliphatic heterocycles. The molecule has 3 nitrogen and oxygen atoms in total. The van der Waals surface area contributed by atoms with Gasteiger partial charge in [0.1, 0.15) is 9.12 Å². The number of hydrogen-bond acceptors (Lipinski definition) is 3. The third kappa shape index (κ3) is 3.12. The summed E-state index contributed by atoms with van der Waals surface area (Å²) in [4.78, 5) is 10.4. The zero-order valence-corrected chi connectivity index (χ0v) is 7.42. The van der Waals surface area contributed by atoms with Gasteiger partial charge in [-0.25, -0.2) is 0 Å². The van der Waals surface area contributed by atoms with Crippen LogP contribution in [0.4, 0.5) is 0 Å². The molecule has 0 aromatic rings.